The molecule has 5 nitrogen and oxygen atoms in total. The fourth-order valence-electron chi connectivity index (χ4n) is 1.65. The van der Waals surface area contributed by atoms with E-state index in [0.29, 0.717) is 5.82 Å². The molecule has 1 aromatic heterocycles. The van der Waals surface area contributed by atoms with Crippen molar-refractivity contribution in [1.82, 2.24) is 9.97 Å². The molecule has 19 heavy (non-hydrogen) atoms. The van der Waals surface area contributed by atoms with E-state index < -0.39 is 0 Å². The zero-order valence-electron chi connectivity index (χ0n) is 11.2. The molecule has 0 saturated carbocycles. The van der Waals surface area contributed by atoms with Crippen LogP contribution in [0.2, 0.25) is 0 Å². The van der Waals surface area contributed by atoms with E-state index in [2.05, 4.69) is 27.5 Å². The zero-order valence-corrected chi connectivity index (χ0v) is 11.2. The van der Waals surface area contributed by atoms with Gasteiger partial charge < -0.3 is 15.4 Å². The Kier molecular flexibility index (Phi) is 4.55. The van der Waals surface area contributed by atoms with Crippen molar-refractivity contribution >= 4 is 17.3 Å². The Labute approximate surface area is 113 Å². The van der Waals surface area contributed by atoms with Gasteiger partial charge in [-0.1, -0.05) is 19.1 Å². The van der Waals surface area contributed by atoms with Gasteiger partial charge in [0.1, 0.15) is 11.6 Å². The first kappa shape index (κ1) is 13.1. The third-order valence-electron chi connectivity index (χ3n) is 2.56. The maximum atomic E-state index is 5.29. The van der Waals surface area contributed by atoms with Gasteiger partial charge in [0.05, 0.1) is 25.2 Å². The van der Waals surface area contributed by atoms with Gasteiger partial charge >= 0.3 is 0 Å². The van der Waals surface area contributed by atoms with Gasteiger partial charge in [-0.3, -0.25) is 4.98 Å². The summed E-state index contributed by atoms with van der Waals surface area (Å²) in [7, 11) is 1.64. The molecule has 0 radical (unpaired) electrons. The van der Waals surface area contributed by atoms with E-state index in [4.69, 9.17) is 4.74 Å². The highest BCUT2D eigenvalue weighted by molar-refractivity contribution is 5.64. The predicted molar refractivity (Wildman–Crippen MR) is 77.1 cm³/mol. The summed E-state index contributed by atoms with van der Waals surface area (Å²) in [4.78, 5) is 8.60. The van der Waals surface area contributed by atoms with Crippen LogP contribution in [0.15, 0.2) is 36.7 Å². The lowest BCUT2D eigenvalue weighted by molar-refractivity contribution is 0.417. The maximum absolute atomic E-state index is 5.29. The number of methoxy groups -OCH3 is 1. The molecule has 0 aliphatic rings. The van der Waals surface area contributed by atoms with E-state index in [1.165, 1.54) is 0 Å². The molecule has 0 fully saturated rings. The van der Waals surface area contributed by atoms with Crippen LogP contribution < -0.4 is 15.4 Å². The first-order valence-electron chi connectivity index (χ1n) is 6.29. The molecule has 0 spiro atoms. The van der Waals surface area contributed by atoms with Crippen LogP contribution in [0.5, 0.6) is 5.75 Å². The molecular weight excluding hydrogens is 240 g/mol. The number of nitrogens with zero attached hydrogens (tertiary/aromatic N) is 2. The van der Waals surface area contributed by atoms with Crippen LogP contribution in [-0.4, -0.2) is 23.6 Å². The van der Waals surface area contributed by atoms with Gasteiger partial charge in [-0.2, -0.15) is 0 Å². The Hall–Kier alpha value is -2.30. The number of para-hydroxylation sites is 2. The van der Waals surface area contributed by atoms with Gasteiger partial charge in [-0.15, -0.1) is 0 Å². The summed E-state index contributed by atoms with van der Waals surface area (Å²) in [5.74, 6) is 2.23. The zero-order chi connectivity index (χ0) is 13.5. The third-order valence-corrected chi connectivity index (χ3v) is 2.56. The van der Waals surface area contributed by atoms with Gasteiger partial charge in [0.2, 0.25) is 0 Å². The van der Waals surface area contributed by atoms with Gasteiger partial charge in [-0.25, -0.2) is 4.98 Å². The van der Waals surface area contributed by atoms with Gasteiger partial charge in [0.15, 0.2) is 5.82 Å². The highest BCUT2D eigenvalue weighted by Gasteiger charge is 2.03. The normalized spacial score (nSPS) is 10.0. The molecule has 0 bridgehead atoms. The topological polar surface area (TPSA) is 59.1 Å². The van der Waals surface area contributed by atoms with Crippen LogP contribution >= 0.6 is 0 Å². The number of hydrogen-bond acceptors (Lipinski definition) is 5. The van der Waals surface area contributed by atoms with Crippen molar-refractivity contribution in [3.05, 3.63) is 36.7 Å². The third kappa shape index (κ3) is 3.58. The van der Waals surface area contributed by atoms with Crippen molar-refractivity contribution in [2.75, 3.05) is 24.3 Å². The lowest BCUT2D eigenvalue weighted by atomic mass is 10.3. The molecule has 1 aromatic carbocycles. The average molecular weight is 258 g/mol. The van der Waals surface area contributed by atoms with Crippen molar-refractivity contribution in [1.29, 1.82) is 0 Å². The van der Waals surface area contributed by atoms with Crippen LogP contribution in [0.25, 0.3) is 0 Å². The van der Waals surface area contributed by atoms with Crippen LogP contribution in [-0.2, 0) is 0 Å². The molecule has 0 aliphatic heterocycles. The SMILES string of the molecule is CCCNc1cncc(Nc2ccccc2OC)n1. The average Bonchev–Trinajstić information content (AvgIpc) is 2.46. The lowest BCUT2D eigenvalue weighted by Gasteiger charge is -2.11. The summed E-state index contributed by atoms with van der Waals surface area (Å²) in [6.45, 7) is 2.99. The Bertz CT molecular complexity index is 530. The molecule has 5 heteroatoms. The van der Waals surface area contributed by atoms with Crippen LogP contribution in [0, 0.1) is 0 Å². The number of ether oxygens (including phenoxy) is 1. The molecule has 100 valence electrons. The standard InChI is InChI=1S/C14H18N4O/c1-3-8-16-13-9-15-10-14(18-13)17-11-6-4-5-7-12(11)19-2/h4-7,9-10H,3,8H2,1-2H3,(H2,16,17,18). The van der Waals surface area contributed by atoms with E-state index in [0.717, 1.165) is 30.2 Å². The van der Waals surface area contributed by atoms with Crippen molar-refractivity contribution in [2.45, 2.75) is 13.3 Å². The summed E-state index contributed by atoms with van der Waals surface area (Å²) < 4.78 is 5.29. The van der Waals surface area contributed by atoms with Crippen molar-refractivity contribution in [3.63, 3.8) is 0 Å². The summed E-state index contributed by atoms with van der Waals surface area (Å²) >= 11 is 0. The fraction of sp³-hybridized carbons (Fsp3) is 0.286. The molecule has 2 rings (SSSR count). The van der Waals surface area contributed by atoms with E-state index in [-0.39, 0.29) is 0 Å². The Morgan fingerprint density at radius 2 is 1.95 bits per heavy atom. The molecule has 0 saturated heterocycles. The van der Waals surface area contributed by atoms with E-state index in [1.807, 2.05) is 24.3 Å². The Morgan fingerprint density at radius 1 is 1.16 bits per heavy atom. The van der Waals surface area contributed by atoms with Crippen molar-refractivity contribution in [3.8, 4) is 5.75 Å². The van der Waals surface area contributed by atoms with E-state index in [9.17, 15) is 0 Å². The van der Waals surface area contributed by atoms with Crippen molar-refractivity contribution < 1.29 is 4.74 Å². The largest absolute Gasteiger partial charge is 0.495 e. The first-order valence-corrected chi connectivity index (χ1v) is 6.29. The number of hydrogen-bond donors (Lipinski definition) is 2. The Balaban J connectivity index is 2.14. The van der Waals surface area contributed by atoms with Crippen molar-refractivity contribution in [2.24, 2.45) is 0 Å². The molecule has 2 aromatic rings. The number of aromatic nitrogens is 2. The number of rotatable bonds is 6. The summed E-state index contributed by atoms with van der Waals surface area (Å²) in [6.07, 6.45) is 4.44. The molecule has 0 unspecified atom stereocenters. The first-order chi connectivity index (χ1) is 9.33. The molecule has 0 aliphatic carbocycles. The summed E-state index contributed by atoms with van der Waals surface area (Å²) in [5, 5.41) is 6.41. The van der Waals surface area contributed by atoms with E-state index in [1.54, 1.807) is 19.5 Å². The minimum absolute atomic E-state index is 0.686. The molecule has 1 heterocycles. The molecule has 0 amide bonds. The van der Waals surface area contributed by atoms with Crippen LogP contribution in [0.3, 0.4) is 0 Å². The minimum atomic E-state index is 0.686. The number of anilines is 3. The fourth-order valence-corrected chi connectivity index (χ4v) is 1.65. The van der Waals surface area contributed by atoms with Gasteiger partial charge in [0.25, 0.3) is 0 Å². The maximum Gasteiger partial charge on any atom is 0.151 e. The molecule has 2 N–H and O–H groups in total. The minimum Gasteiger partial charge on any atom is -0.495 e. The quantitative estimate of drug-likeness (QED) is 0.834. The van der Waals surface area contributed by atoms with Gasteiger partial charge in [0, 0.05) is 6.54 Å². The van der Waals surface area contributed by atoms with Crippen LogP contribution in [0.1, 0.15) is 13.3 Å². The highest BCUT2D eigenvalue weighted by Crippen LogP contribution is 2.26. The summed E-state index contributed by atoms with van der Waals surface area (Å²) in [6, 6.07) is 7.70. The lowest BCUT2D eigenvalue weighted by Crippen LogP contribution is -2.04. The predicted octanol–water partition coefficient (Wildman–Crippen LogP) is 3.05. The van der Waals surface area contributed by atoms with E-state index >= 15 is 0 Å². The van der Waals surface area contributed by atoms with Gasteiger partial charge in [-0.05, 0) is 18.6 Å². The summed E-state index contributed by atoms with van der Waals surface area (Å²) in [5.41, 5.74) is 0.868. The second-order valence-electron chi connectivity index (χ2n) is 4.04. The second kappa shape index (κ2) is 6.58. The highest BCUT2D eigenvalue weighted by atomic mass is 16.5. The monoisotopic (exact) mass is 258 g/mol. The smallest absolute Gasteiger partial charge is 0.151 e. The number of nitrogens with one attached hydrogen (secondary N) is 2. The molecular formula is C14H18N4O. The Morgan fingerprint density at radius 3 is 2.74 bits per heavy atom. The van der Waals surface area contributed by atoms with Crippen LogP contribution in [0.4, 0.5) is 17.3 Å². The second-order valence-corrected chi connectivity index (χ2v) is 4.04. The number of benzene rings is 1. The molecule has 0 atom stereocenters.